The Labute approximate surface area is 126 Å². The summed E-state index contributed by atoms with van der Waals surface area (Å²) in [6.07, 6.45) is 0. The Morgan fingerprint density at radius 1 is 1.05 bits per heavy atom. The van der Waals surface area contributed by atoms with Crippen LogP contribution in [0.4, 0.5) is 5.69 Å². The van der Waals surface area contributed by atoms with Crippen molar-refractivity contribution in [2.24, 2.45) is 0 Å². The Morgan fingerprint density at radius 2 is 1.73 bits per heavy atom. The van der Waals surface area contributed by atoms with Crippen LogP contribution in [0.1, 0.15) is 10.4 Å². The highest BCUT2D eigenvalue weighted by molar-refractivity contribution is 7.92. The van der Waals surface area contributed by atoms with Crippen molar-refractivity contribution in [1.29, 1.82) is 0 Å². The first kappa shape index (κ1) is 14.2. The van der Waals surface area contributed by atoms with E-state index in [2.05, 4.69) is 4.72 Å². The molecule has 0 saturated heterocycles. The summed E-state index contributed by atoms with van der Waals surface area (Å²) in [5, 5.41) is 8.81. The van der Waals surface area contributed by atoms with Crippen LogP contribution >= 0.6 is 0 Å². The number of rotatable bonds is 4. The first-order chi connectivity index (χ1) is 10.5. The number of carbonyl (C=O) groups is 1. The van der Waals surface area contributed by atoms with E-state index in [4.69, 9.17) is 14.6 Å². The molecular weight excluding hydrogens is 310 g/mol. The van der Waals surface area contributed by atoms with Crippen LogP contribution in [0.5, 0.6) is 11.5 Å². The average molecular weight is 321 g/mol. The van der Waals surface area contributed by atoms with Gasteiger partial charge in [-0.1, -0.05) is 0 Å². The van der Waals surface area contributed by atoms with Gasteiger partial charge in [0.05, 0.1) is 16.1 Å². The van der Waals surface area contributed by atoms with E-state index < -0.39 is 16.0 Å². The Bertz CT molecular complexity index is 829. The van der Waals surface area contributed by atoms with Gasteiger partial charge in [-0.25, -0.2) is 13.2 Å². The number of carboxylic acid groups (broad SMARTS) is 1. The molecule has 2 aromatic rings. The maximum atomic E-state index is 12.3. The topological polar surface area (TPSA) is 102 Å². The molecule has 114 valence electrons. The third-order valence-corrected chi connectivity index (χ3v) is 4.43. The maximum Gasteiger partial charge on any atom is 0.335 e. The monoisotopic (exact) mass is 321 g/mol. The molecule has 0 radical (unpaired) electrons. The molecule has 3 rings (SSSR count). The molecule has 0 spiro atoms. The number of aromatic carboxylic acids is 1. The van der Waals surface area contributed by atoms with Crippen molar-refractivity contribution >= 4 is 21.7 Å². The average Bonchev–Trinajstić information content (AvgIpc) is 2.94. The van der Waals surface area contributed by atoms with Gasteiger partial charge in [0.25, 0.3) is 10.0 Å². The van der Waals surface area contributed by atoms with Crippen molar-refractivity contribution in [3.05, 3.63) is 48.0 Å². The van der Waals surface area contributed by atoms with Gasteiger partial charge in [0.15, 0.2) is 11.5 Å². The second kappa shape index (κ2) is 5.23. The molecule has 8 heteroatoms. The number of sulfonamides is 1. The van der Waals surface area contributed by atoms with Crippen LogP contribution < -0.4 is 14.2 Å². The maximum absolute atomic E-state index is 12.3. The van der Waals surface area contributed by atoms with Gasteiger partial charge in [-0.2, -0.15) is 0 Å². The summed E-state index contributed by atoms with van der Waals surface area (Å²) in [5.41, 5.74) is 0.341. The standard InChI is InChI=1S/C14H11NO6S/c16-14(17)9-1-4-11(5-2-9)22(18,19)15-10-3-6-12-13(7-10)21-8-20-12/h1-7,15H,8H2,(H,16,17). The molecule has 2 N–H and O–H groups in total. The summed E-state index contributed by atoms with van der Waals surface area (Å²) in [6, 6.07) is 9.61. The Kier molecular flexibility index (Phi) is 3.38. The molecule has 0 amide bonds. The number of anilines is 1. The SMILES string of the molecule is O=C(O)c1ccc(S(=O)(=O)Nc2ccc3c(c2)OCO3)cc1. The first-order valence-electron chi connectivity index (χ1n) is 6.21. The van der Waals surface area contributed by atoms with Crippen molar-refractivity contribution in [3.63, 3.8) is 0 Å². The van der Waals surface area contributed by atoms with E-state index in [0.717, 1.165) is 0 Å². The number of ether oxygens (including phenoxy) is 2. The van der Waals surface area contributed by atoms with E-state index >= 15 is 0 Å². The molecule has 1 aliphatic rings. The fraction of sp³-hybridized carbons (Fsp3) is 0.0714. The molecule has 22 heavy (non-hydrogen) atoms. The normalized spacial score (nSPS) is 12.9. The van der Waals surface area contributed by atoms with Gasteiger partial charge in [0.2, 0.25) is 6.79 Å². The smallest absolute Gasteiger partial charge is 0.335 e. The molecule has 0 bridgehead atoms. The highest BCUT2D eigenvalue weighted by Crippen LogP contribution is 2.34. The van der Waals surface area contributed by atoms with Gasteiger partial charge in [-0.15, -0.1) is 0 Å². The lowest BCUT2D eigenvalue weighted by atomic mass is 10.2. The van der Waals surface area contributed by atoms with Crippen molar-refractivity contribution in [1.82, 2.24) is 0 Å². The van der Waals surface area contributed by atoms with Crippen LogP contribution in [-0.4, -0.2) is 26.3 Å². The Morgan fingerprint density at radius 3 is 2.41 bits per heavy atom. The molecule has 7 nitrogen and oxygen atoms in total. The molecule has 0 atom stereocenters. The predicted molar refractivity (Wildman–Crippen MR) is 76.8 cm³/mol. The minimum absolute atomic E-state index is 0.0158. The second-order valence-electron chi connectivity index (χ2n) is 4.50. The number of hydrogen-bond acceptors (Lipinski definition) is 5. The van der Waals surface area contributed by atoms with Crippen LogP contribution in [0.25, 0.3) is 0 Å². The number of carboxylic acids is 1. The summed E-state index contributed by atoms with van der Waals surface area (Å²) >= 11 is 0. The highest BCUT2D eigenvalue weighted by atomic mass is 32.2. The van der Waals surface area contributed by atoms with Gasteiger partial charge in [-0.05, 0) is 36.4 Å². The zero-order chi connectivity index (χ0) is 15.7. The highest BCUT2D eigenvalue weighted by Gasteiger charge is 2.18. The molecule has 0 fully saturated rings. The van der Waals surface area contributed by atoms with Gasteiger partial charge in [0, 0.05) is 6.07 Å². The molecule has 2 aromatic carbocycles. The molecule has 0 aliphatic carbocycles. The lowest BCUT2D eigenvalue weighted by molar-refractivity contribution is 0.0696. The van der Waals surface area contributed by atoms with E-state index in [1.54, 1.807) is 12.1 Å². The summed E-state index contributed by atoms with van der Waals surface area (Å²) in [7, 11) is -3.81. The fourth-order valence-corrected chi connectivity index (χ4v) is 3.00. The number of fused-ring (bicyclic) bond motifs is 1. The molecular formula is C14H11NO6S. The molecule has 1 aliphatic heterocycles. The Balaban J connectivity index is 1.85. The van der Waals surface area contributed by atoms with Crippen molar-refractivity contribution in [3.8, 4) is 11.5 Å². The second-order valence-corrected chi connectivity index (χ2v) is 6.19. The number of hydrogen-bond donors (Lipinski definition) is 2. The van der Waals surface area contributed by atoms with Crippen LogP contribution in [0, 0.1) is 0 Å². The van der Waals surface area contributed by atoms with Crippen molar-refractivity contribution < 1.29 is 27.8 Å². The summed E-state index contributed by atoms with van der Waals surface area (Å²) in [4.78, 5) is 10.7. The van der Waals surface area contributed by atoms with Gasteiger partial charge in [0.1, 0.15) is 0 Å². The molecule has 1 heterocycles. The first-order valence-corrected chi connectivity index (χ1v) is 7.70. The molecule has 0 unspecified atom stereocenters. The molecule has 0 aromatic heterocycles. The van der Waals surface area contributed by atoms with Crippen LogP contribution in [0.15, 0.2) is 47.4 Å². The summed E-state index contributed by atoms with van der Waals surface area (Å²) < 4.78 is 37.2. The van der Waals surface area contributed by atoms with E-state index in [-0.39, 0.29) is 17.3 Å². The van der Waals surface area contributed by atoms with E-state index in [9.17, 15) is 13.2 Å². The summed E-state index contributed by atoms with van der Waals surface area (Å²) in [6.45, 7) is 0.0994. The van der Waals surface area contributed by atoms with E-state index in [1.165, 1.54) is 30.3 Å². The number of nitrogens with one attached hydrogen (secondary N) is 1. The third-order valence-electron chi connectivity index (χ3n) is 3.04. The molecule has 0 saturated carbocycles. The van der Waals surface area contributed by atoms with Crippen LogP contribution in [-0.2, 0) is 10.0 Å². The predicted octanol–water partition coefficient (Wildman–Crippen LogP) is 1.91. The zero-order valence-electron chi connectivity index (χ0n) is 11.1. The van der Waals surface area contributed by atoms with Crippen LogP contribution in [0.3, 0.4) is 0 Å². The lowest BCUT2D eigenvalue weighted by Crippen LogP contribution is -2.13. The minimum Gasteiger partial charge on any atom is -0.478 e. The van der Waals surface area contributed by atoms with E-state index in [1.807, 2.05) is 0 Å². The Hall–Kier alpha value is -2.74. The van der Waals surface area contributed by atoms with Gasteiger partial charge < -0.3 is 14.6 Å². The minimum atomic E-state index is -3.81. The van der Waals surface area contributed by atoms with Crippen molar-refractivity contribution in [2.75, 3.05) is 11.5 Å². The quantitative estimate of drug-likeness (QED) is 0.892. The third kappa shape index (κ3) is 2.68. The summed E-state index contributed by atoms with van der Waals surface area (Å²) in [5.74, 6) is -0.108. The van der Waals surface area contributed by atoms with Crippen LogP contribution in [0.2, 0.25) is 0 Å². The number of benzene rings is 2. The van der Waals surface area contributed by atoms with Gasteiger partial charge in [-0.3, -0.25) is 4.72 Å². The van der Waals surface area contributed by atoms with E-state index in [0.29, 0.717) is 17.2 Å². The largest absolute Gasteiger partial charge is 0.478 e. The fourth-order valence-electron chi connectivity index (χ4n) is 1.95. The van der Waals surface area contributed by atoms with Crippen molar-refractivity contribution in [2.45, 2.75) is 4.90 Å². The van der Waals surface area contributed by atoms with Gasteiger partial charge >= 0.3 is 5.97 Å². The zero-order valence-corrected chi connectivity index (χ0v) is 12.0. The lowest BCUT2D eigenvalue weighted by Gasteiger charge is -2.09.